The molecule has 0 spiro atoms. The van der Waals surface area contributed by atoms with Gasteiger partial charge in [0.05, 0.1) is 0 Å². The molecule has 0 aliphatic carbocycles. The summed E-state index contributed by atoms with van der Waals surface area (Å²) in [6.07, 6.45) is 2.05. The fourth-order valence-corrected chi connectivity index (χ4v) is 4.59. The number of carbonyl (C=O) groups is 1. The standard InChI is InChI=1S/C18H17NOS/c20-18-16-7-3-1-5-13(16)9-10-19(18)12-15-11-14-6-2-4-8-17(14)21-15/h1-8,15H,9-12H2. The summed E-state index contributed by atoms with van der Waals surface area (Å²) in [4.78, 5) is 16.0. The fourth-order valence-electron chi connectivity index (χ4n) is 3.25. The van der Waals surface area contributed by atoms with Gasteiger partial charge < -0.3 is 4.90 Å². The zero-order valence-electron chi connectivity index (χ0n) is 11.8. The van der Waals surface area contributed by atoms with Crippen molar-refractivity contribution < 1.29 is 4.79 Å². The number of nitrogens with zero attached hydrogens (tertiary/aromatic N) is 1. The lowest BCUT2D eigenvalue weighted by Crippen LogP contribution is -2.41. The summed E-state index contributed by atoms with van der Waals surface area (Å²) in [5, 5.41) is 0.497. The third-order valence-electron chi connectivity index (χ3n) is 4.32. The van der Waals surface area contributed by atoms with Crippen LogP contribution in [0.1, 0.15) is 21.5 Å². The van der Waals surface area contributed by atoms with E-state index in [1.54, 1.807) is 0 Å². The molecule has 0 aromatic heterocycles. The van der Waals surface area contributed by atoms with E-state index in [4.69, 9.17) is 0 Å². The van der Waals surface area contributed by atoms with Gasteiger partial charge in [0.2, 0.25) is 0 Å². The van der Waals surface area contributed by atoms with Gasteiger partial charge in [0.15, 0.2) is 0 Å². The Morgan fingerprint density at radius 2 is 1.81 bits per heavy atom. The van der Waals surface area contributed by atoms with Crippen molar-refractivity contribution >= 4 is 17.7 Å². The van der Waals surface area contributed by atoms with Crippen molar-refractivity contribution in [1.82, 2.24) is 4.90 Å². The second-order valence-electron chi connectivity index (χ2n) is 5.71. The lowest BCUT2D eigenvalue weighted by atomic mass is 9.99. The van der Waals surface area contributed by atoms with Crippen LogP contribution in [0.2, 0.25) is 0 Å². The molecular weight excluding hydrogens is 278 g/mol. The van der Waals surface area contributed by atoms with Crippen molar-refractivity contribution in [2.45, 2.75) is 23.0 Å². The van der Waals surface area contributed by atoms with Crippen LogP contribution in [0.3, 0.4) is 0 Å². The Morgan fingerprint density at radius 1 is 1.05 bits per heavy atom. The lowest BCUT2D eigenvalue weighted by Gasteiger charge is -2.30. The molecule has 2 aliphatic rings. The SMILES string of the molecule is O=C1c2ccccc2CCN1CC1Cc2ccccc2S1. The van der Waals surface area contributed by atoms with Crippen LogP contribution in [0.25, 0.3) is 0 Å². The van der Waals surface area contributed by atoms with E-state index in [9.17, 15) is 4.79 Å². The molecule has 0 fully saturated rings. The summed E-state index contributed by atoms with van der Waals surface area (Å²) in [7, 11) is 0. The van der Waals surface area contributed by atoms with Crippen LogP contribution in [0.4, 0.5) is 0 Å². The van der Waals surface area contributed by atoms with Crippen molar-refractivity contribution in [3.8, 4) is 0 Å². The first-order chi connectivity index (χ1) is 10.3. The molecule has 2 heterocycles. The van der Waals surface area contributed by atoms with Gasteiger partial charge >= 0.3 is 0 Å². The summed E-state index contributed by atoms with van der Waals surface area (Å²) in [6.45, 7) is 1.70. The summed E-state index contributed by atoms with van der Waals surface area (Å²) in [5.74, 6) is 0.202. The Labute approximate surface area is 129 Å². The molecule has 21 heavy (non-hydrogen) atoms. The molecule has 0 bridgehead atoms. The maximum Gasteiger partial charge on any atom is 0.254 e. The first kappa shape index (κ1) is 13.0. The number of hydrogen-bond acceptors (Lipinski definition) is 2. The van der Waals surface area contributed by atoms with E-state index >= 15 is 0 Å². The van der Waals surface area contributed by atoms with Gasteiger partial charge in [0.25, 0.3) is 5.91 Å². The average Bonchev–Trinajstić information content (AvgIpc) is 2.93. The molecule has 0 saturated carbocycles. The van der Waals surface area contributed by atoms with Crippen molar-refractivity contribution in [2.75, 3.05) is 13.1 Å². The van der Waals surface area contributed by atoms with Gasteiger partial charge in [-0.3, -0.25) is 4.79 Å². The summed E-state index contributed by atoms with van der Waals surface area (Å²) >= 11 is 1.92. The van der Waals surface area contributed by atoms with Gasteiger partial charge in [-0.15, -0.1) is 11.8 Å². The highest BCUT2D eigenvalue weighted by molar-refractivity contribution is 8.00. The molecule has 106 valence electrons. The molecule has 0 N–H and O–H groups in total. The first-order valence-electron chi connectivity index (χ1n) is 7.43. The number of thioether (sulfide) groups is 1. The molecule has 2 nitrogen and oxygen atoms in total. The smallest absolute Gasteiger partial charge is 0.254 e. The number of fused-ring (bicyclic) bond motifs is 2. The maximum absolute atomic E-state index is 12.6. The largest absolute Gasteiger partial charge is 0.337 e. The highest BCUT2D eigenvalue weighted by atomic mass is 32.2. The number of carbonyl (C=O) groups excluding carboxylic acids is 1. The van der Waals surface area contributed by atoms with E-state index < -0.39 is 0 Å². The fraction of sp³-hybridized carbons (Fsp3) is 0.278. The molecule has 2 aromatic rings. The number of hydrogen-bond donors (Lipinski definition) is 0. The molecule has 0 saturated heterocycles. The van der Waals surface area contributed by atoms with Crippen molar-refractivity contribution in [2.24, 2.45) is 0 Å². The molecular formula is C18H17NOS. The van der Waals surface area contributed by atoms with E-state index in [-0.39, 0.29) is 5.91 Å². The van der Waals surface area contributed by atoms with E-state index in [0.29, 0.717) is 5.25 Å². The van der Waals surface area contributed by atoms with Gasteiger partial charge in [-0.2, -0.15) is 0 Å². The van der Waals surface area contributed by atoms with Gasteiger partial charge in [-0.25, -0.2) is 0 Å². The van der Waals surface area contributed by atoms with Gasteiger partial charge in [0, 0.05) is 28.8 Å². The third-order valence-corrected chi connectivity index (χ3v) is 5.63. The summed E-state index contributed by atoms with van der Waals surface area (Å²) < 4.78 is 0. The van der Waals surface area contributed by atoms with Crippen molar-refractivity contribution in [3.63, 3.8) is 0 Å². The van der Waals surface area contributed by atoms with Crippen LogP contribution >= 0.6 is 11.8 Å². The lowest BCUT2D eigenvalue weighted by molar-refractivity contribution is 0.0740. The van der Waals surface area contributed by atoms with Gasteiger partial charge in [0.1, 0.15) is 0 Å². The molecule has 2 aliphatic heterocycles. The Kier molecular flexibility index (Phi) is 3.23. The highest BCUT2D eigenvalue weighted by Gasteiger charge is 2.29. The summed E-state index contributed by atoms with van der Waals surface area (Å²) in [6, 6.07) is 16.6. The quantitative estimate of drug-likeness (QED) is 0.846. The zero-order valence-corrected chi connectivity index (χ0v) is 12.6. The number of benzene rings is 2. The molecule has 1 amide bonds. The van der Waals surface area contributed by atoms with Crippen LogP contribution in [0, 0.1) is 0 Å². The predicted octanol–water partition coefficient (Wildman–Crippen LogP) is 3.40. The van der Waals surface area contributed by atoms with E-state index in [1.165, 1.54) is 16.0 Å². The van der Waals surface area contributed by atoms with Crippen LogP contribution in [-0.4, -0.2) is 29.1 Å². The van der Waals surface area contributed by atoms with E-state index in [1.807, 2.05) is 34.9 Å². The normalized spacial score (nSPS) is 20.3. The predicted molar refractivity (Wildman–Crippen MR) is 85.8 cm³/mol. The number of rotatable bonds is 2. The second-order valence-corrected chi connectivity index (χ2v) is 7.05. The first-order valence-corrected chi connectivity index (χ1v) is 8.31. The number of amides is 1. The van der Waals surface area contributed by atoms with Crippen LogP contribution in [0.5, 0.6) is 0 Å². The Bertz CT molecular complexity index is 672. The van der Waals surface area contributed by atoms with Crippen molar-refractivity contribution in [3.05, 3.63) is 65.2 Å². The molecule has 0 radical (unpaired) electrons. The van der Waals surface area contributed by atoms with Gasteiger partial charge in [-0.05, 0) is 36.1 Å². The minimum absolute atomic E-state index is 0.202. The molecule has 2 aromatic carbocycles. The van der Waals surface area contributed by atoms with Crippen LogP contribution in [0.15, 0.2) is 53.4 Å². The monoisotopic (exact) mass is 295 g/mol. The third kappa shape index (κ3) is 2.36. The van der Waals surface area contributed by atoms with E-state index in [2.05, 4.69) is 30.3 Å². The Morgan fingerprint density at radius 3 is 2.67 bits per heavy atom. The molecule has 1 unspecified atom stereocenters. The minimum atomic E-state index is 0.202. The Hall–Kier alpha value is -1.74. The molecule has 3 heteroatoms. The van der Waals surface area contributed by atoms with Crippen LogP contribution < -0.4 is 0 Å². The zero-order chi connectivity index (χ0) is 14.2. The molecule has 1 atom stereocenters. The average molecular weight is 295 g/mol. The minimum Gasteiger partial charge on any atom is -0.337 e. The Balaban J connectivity index is 1.49. The van der Waals surface area contributed by atoms with E-state index in [0.717, 1.165) is 31.5 Å². The maximum atomic E-state index is 12.6. The summed E-state index contributed by atoms with van der Waals surface area (Å²) in [5.41, 5.74) is 3.52. The highest BCUT2D eigenvalue weighted by Crippen LogP contribution is 2.37. The topological polar surface area (TPSA) is 20.3 Å². The molecule has 4 rings (SSSR count). The van der Waals surface area contributed by atoms with Crippen molar-refractivity contribution in [1.29, 1.82) is 0 Å². The second kappa shape index (κ2) is 5.23. The van der Waals surface area contributed by atoms with Crippen LogP contribution in [-0.2, 0) is 12.8 Å². The van der Waals surface area contributed by atoms with Gasteiger partial charge in [-0.1, -0.05) is 36.4 Å².